The third kappa shape index (κ3) is 4.08. The zero-order valence-corrected chi connectivity index (χ0v) is 8.48. The normalized spacial score (nSPS) is 19.3. The van der Waals surface area contributed by atoms with Crippen molar-refractivity contribution in [2.45, 2.75) is 31.9 Å². The summed E-state index contributed by atoms with van der Waals surface area (Å²) in [7, 11) is 0. The Morgan fingerprint density at radius 2 is 2.07 bits per heavy atom. The summed E-state index contributed by atoms with van der Waals surface area (Å²) in [5.74, 6) is -1.19. The van der Waals surface area contributed by atoms with E-state index in [0.717, 1.165) is 6.42 Å². The fourth-order valence-corrected chi connectivity index (χ4v) is 1.57. The largest absolute Gasteiger partial charge is 0.405 e. The first-order chi connectivity index (χ1) is 7.04. The number of nitrogens with one attached hydrogen (secondary N) is 1. The molecule has 0 amide bonds. The number of hydrogen-bond acceptors (Lipinski definition) is 2. The van der Waals surface area contributed by atoms with Gasteiger partial charge in [-0.25, -0.2) is 0 Å². The topological polar surface area (TPSA) is 35.8 Å². The minimum atomic E-state index is -4.40. The predicted molar refractivity (Wildman–Crippen MR) is 50.0 cm³/mol. The summed E-state index contributed by atoms with van der Waals surface area (Å²) in [4.78, 5) is 0. The van der Waals surface area contributed by atoms with Gasteiger partial charge in [-0.3, -0.25) is 0 Å². The predicted octanol–water partition coefficient (Wildman–Crippen LogP) is 2.47. The molecular formula is C10H15F3N2. The molecule has 0 aromatic carbocycles. The first kappa shape index (κ1) is 12.3. The Morgan fingerprint density at radius 1 is 1.40 bits per heavy atom. The second-order valence-corrected chi connectivity index (χ2v) is 4.01. The Bertz CT molecular complexity index is 228. The van der Waals surface area contributed by atoms with Crippen LogP contribution in [0.25, 0.3) is 0 Å². The number of halogens is 3. The summed E-state index contributed by atoms with van der Waals surface area (Å²) in [5, 5.41) is 11.0. The van der Waals surface area contributed by atoms with E-state index in [9.17, 15) is 13.2 Å². The van der Waals surface area contributed by atoms with Crippen LogP contribution in [-0.4, -0.2) is 19.3 Å². The van der Waals surface area contributed by atoms with E-state index in [-0.39, 0.29) is 6.54 Å². The van der Waals surface area contributed by atoms with E-state index < -0.39 is 12.1 Å². The van der Waals surface area contributed by atoms with Gasteiger partial charge in [-0.2, -0.15) is 18.4 Å². The Hall–Kier alpha value is -0.760. The minimum Gasteiger partial charge on any atom is -0.315 e. The summed E-state index contributed by atoms with van der Waals surface area (Å²) >= 11 is 0. The van der Waals surface area contributed by atoms with Gasteiger partial charge in [0, 0.05) is 6.54 Å². The van der Waals surface area contributed by atoms with E-state index in [4.69, 9.17) is 5.26 Å². The number of rotatable bonds is 5. The molecule has 0 saturated heterocycles. The van der Waals surface area contributed by atoms with Crippen LogP contribution in [0.5, 0.6) is 0 Å². The first-order valence-electron chi connectivity index (χ1n) is 5.21. The van der Waals surface area contributed by atoms with Crippen molar-refractivity contribution in [1.82, 2.24) is 5.32 Å². The van der Waals surface area contributed by atoms with E-state index in [0.29, 0.717) is 12.5 Å². The van der Waals surface area contributed by atoms with Crippen molar-refractivity contribution in [3.8, 4) is 6.07 Å². The standard InChI is InChI=1S/C10H15F3N2/c11-10(12,13)9(6-14)7-15-5-4-8-2-1-3-8/h8-9,15H,1-5,7H2. The van der Waals surface area contributed by atoms with E-state index in [1.807, 2.05) is 0 Å². The van der Waals surface area contributed by atoms with Gasteiger partial charge < -0.3 is 5.32 Å². The van der Waals surface area contributed by atoms with Crippen molar-refractivity contribution in [2.24, 2.45) is 11.8 Å². The minimum absolute atomic E-state index is 0.285. The molecule has 0 aromatic heterocycles. The van der Waals surface area contributed by atoms with Gasteiger partial charge in [0.05, 0.1) is 6.07 Å². The smallest absolute Gasteiger partial charge is 0.315 e. The lowest BCUT2D eigenvalue weighted by atomic mass is 9.83. The highest BCUT2D eigenvalue weighted by Crippen LogP contribution is 2.29. The zero-order valence-electron chi connectivity index (χ0n) is 8.48. The third-order valence-corrected chi connectivity index (χ3v) is 2.85. The van der Waals surface area contributed by atoms with Crippen LogP contribution in [0.15, 0.2) is 0 Å². The molecule has 0 radical (unpaired) electrons. The molecule has 0 spiro atoms. The van der Waals surface area contributed by atoms with E-state index in [1.54, 1.807) is 0 Å². The second kappa shape index (κ2) is 5.36. The van der Waals surface area contributed by atoms with Crippen molar-refractivity contribution in [3.63, 3.8) is 0 Å². The van der Waals surface area contributed by atoms with Crippen LogP contribution in [0, 0.1) is 23.2 Å². The molecule has 2 nitrogen and oxygen atoms in total. The van der Waals surface area contributed by atoms with Gasteiger partial charge in [0.1, 0.15) is 0 Å². The molecule has 1 fully saturated rings. The Labute approximate surface area is 87.5 Å². The number of alkyl halides is 3. The molecular weight excluding hydrogens is 205 g/mol. The molecule has 1 rings (SSSR count). The maximum absolute atomic E-state index is 12.1. The Balaban J connectivity index is 2.09. The molecule has 15 heavy (non-hydrogen) atoms. The molecule has 1 saturated carbocycles. The molecule has 5 heteroatoms. The van der Waals surface area contributed by atoms with E-state index in [2.05, 4.69) is 5.32 Å². The van der Waals surface area contributed by atoms with Gasteiger partial charge in [0.15, 0.2) is 5.92 Å². The summed E-state index contributed by atoms with van der Waals surface area (Å²) in [6, 6.07) is 1.27. The molecule has 0 aliphatic heterocycles. The quantitative estimate of drug-likeness (QED) is 0.722. The summed E-state index contributed by atoms with van der Waals surface area (Å²) in [5.41, 5.74) is 0. The number of nitrogens with zero attached hydrogens (tertiary/aromatic N) is 1. The lowest BCUT2D eigenvalue weighted by Gasteiger charge is -2.25. The molecule has 0 bridgehead atoms. The molecule has 1 N–H and O–H groups in total. The molecule has 0 heterocycles. The first-order valence-corrected chi connectivity index (χ1v) is 5.21. The highest BCUT2D eigenvalue weighted by molar-refractivity contribution is 4.89. The lowest BCUT2D eigenvalue weighted by molar-refractivity contribution is -0.157. The van der Waals surface area contributed by atoms with Gasteiger partial charge in [0.25, 0.3) is 0 Å². The van der Waals surface area contributed by atoms with Crippen LogP contribution in [0.4, 0.5) is 13.2 Å². The van der Waals surface area contributed by atoms with Crippen molar-refractivity contribution >= 4 is 0 Å². The molecule has 0 aromatic rings. The summed E-state index contributed by atoms with van der Waals surface area (Å²) in [6.07, 6.45) is 0.160. The molecule has 1 aliphatic carbocycles. The van der Waals surface area contributed by atoms with Crippen LogP contribution in [-0.2, 0) is 0 Å². The summed E-state index contributed by atoms with van der Waals surface area (Å²) < 4.78 is 36.4. The van der Waals surface area contributed by atoms with E-state index >= 15 is 0 Å². The molecule has 1 unspecified atom stereocenters. The lowest BCUT2D eigenvalue weighted by Crippen LogP contribution is -2.33. The van der Waals surface area contributed by atoms with Gasteiger partial charge in [-0.05, 0) is 18.9 Å². The second-order valence-electron chi connectivity index (χ2n) is 4.01. The monoisotopic (exact) mass is 220 g/mol. The van der Waals surface area contributed by atoms with Crippen molar-refractivity contribution < 1.29 is 13.2 Å². The fourth-order valence-electron chi connectivity index (χ4n) is 1.57. The van der Waals surface area contributed by atoms with Crippen LogP contribution < -0.4 is 5.32 Å². The van der Waals surface area contributed by atoms with Crippen LogP contribution in [0.2, 0.25) is 0 Å². The van der Waals surface area contributed by atoms with Gasteiger partial charge >= 0.3 is 6.18 Å². The molecule has 1 atom stereocenters. The SMILES string of the molecule is N#CC(CNCCC1CCC1)C(F)(F)F. The summed E-state index contributed by atoms with van der Waals surface area (Å²) in [6.45, 7) is 0.297. The Morgan fingerprint density at radius 3 is 2.47 bits per heavy atom. The highest BCUT2D eigenvalue weighted by atomic mass is 19.4. The fraction of sp³-hybridized carbons (Fsp3) is 0.900. The maximum Gasteiger partial charge on any atom is 0.405 e. The number of hydrogen-bond donors (Lipinski definition) is 1. The third-order valence-electron chi connectivity index (χ3n) is 2.85. The molecule has 86 valence electrons. The van der Waals surface area contributed by atoms with Crippen molar-refractivity contribution in [1.29, 1.82) is 5.26 Å². The van der Waals surface area contributed by atoms with Gasteiger partial charge in [-0.15, -0.1) is 0 Å². The number of nitriles is 1. The van der Waals surface area contributed by atoms with Crippen LogP contribution in [0.1, 0.15) is 25.7 Å². The van der Waals surface area contributed by atoms with Crippen molar-refractivity contribution in [2.75, 3.05) is 13.1 Å². The van der Waals surface area contributed by atoms with E-state index in [1.165, 1.54) is 25.3 Å². The Kier molecular flexibility index (Phi) is 4.40. The van der Waals surface area contributed by atoms with Crippen LogP contribution in [0.3, 0.4) is 0 Å². The van der Waals surface area contributed by atoms with Crippen LogP contribution >= 0.6 is 0 Å². The van der Waals surface area contributed by atoms with Crippen molar-refractivity contribution in [3.05, 3.63) is 0 Å². The van der Waals surface area contributed by atoms with Gasteiger partial charge in [-0.1, -0.05) is 19.3 Å². The zero-order chi connectivity index (χ0) is 11.3. The average molecular weight is 220 g/mol. The molecule has 1 aliphatic rings. The maximum atomic E-state index is 12.1. The highest BCUT2D eigenvalue weighted by Gasteiger charge is 2.39. The average Bonchev–Trinajstić information content (AvgIpc) is 2.05. The van der Waals surface area contributed by atoms with Gasteiger partial charge in [0.2, 0.25) is 0 Å².